The van der Waals surface area contributed by atoms with Crippen LogP contribution in [0.5, 0.6) is 5.75 Å². The lowest BCUT2D eigenvalue weighted by atomic mass is 9.99. The highest BCUT2D eigenvalue weighted by molar-refractivity contribution is 5.73. The average Bonchev–Trinajstić information content (AvgIpc) is 3.01. The molecule has 4 rings (SSSR count). The topological polar surface area (TPSA) is 73.9 Å². The molecule has 0 saturated heterocycles. The zero-order chi connectivity index (χ0) is 28.9. The van der Waals surface area contributed by atoms with E-state index in [9.17, 15) is 9.18 Å². The average molecular weight is 545 g/mol. The first-order chi connectivity index (χ1) is 20.1. The standard InChI is InChI=1S/C36H33FN2O2/c37-35-24-27(14-23-34(35)32-17-12-29(26-39)13-18-32)8-6-4-2-1-3-5-7-9-36(40)41-33-21-19-31(20-22-33)30-15-10-28(25-38)11-16-30/h10-24H,1-9H2. The fourth-order valence-corrected chi connectivity index (χ4v) is 4.79. The monoisotopic (exact) mass is 544 g/mol. The summed E-state index contributed by atoms with van der Waals surface area (Å²) in [6, 6.07) is 31.4. The Morgan fingerprint density at radius 2 is 1.15 bits per heavy atom. The van der Waals surface area contributed by atoms with Crippen molar-refractivity contribution in [2.45, 2.75) is 57.8 Å². The maximum atomic E-state index is 14.6. The Hall–Kier alpha value is -4.74. The van der Waals surface area contributed by atoms with Crippen LogP contribution in [-0.4, -0.2) is 5.97 Å². The van der Waals surface area contributed by atoms with Gasteiger partial charge in [-0.3, -0.25) is 4.79 Å². The molecule has 0 aliphatic heterocycles. The fraction of sp³-hybridized carbons (Fsp3) is 0.250. The number of nitriles is 2. The second kappa shape index (κ2) is 15.2. The minimum absolute atomic E-state index is 0.214. The molecule has 0 N–H and O–H groups in total. The normalized spacial score (nSPS) is 10.5. The number of aryl methyl sites for hydroxylation is 1. The molecule has 0 heterocycles. The SMILES string of the molecule is N#Cc1ccc(-c2ccc(OC(=O)CCCCCCCCCc3ccc(-c4ccc(C#N)cc4)c(F)c3)cc2)cc1. The second-order valence-electron chi connectivity index (χ2n) is 10.2. The molecule has 5 heteroatoms. The summed E-state index contributed by atoms with van der Waals surface area (Å²) >= 11 is 0. The van der Waals surface area contributed by atoms with Crippen molar-refractivity contribution in [3.63, 3.8) is 0 Å². The molecule has 41 heavy (non-hydrogen) atoms. The van der Waals surface area contributed by atoms with Crippen LogP contribution >= 0.6 is 0 Å². The third kappa shape index (κ3) is 8.88. The summed E-state index contributed by atoms with van der Waals surface area (Å²) in [5.41, 5.74) is 5.52. The zero-order valence-electron chi connectivity index (χ0n) is 23.1. The maximum Gasteiger partial charge on any atom is 0.311 e. The van der Waals surface area contributed by atoms with Gasteiger partial charge in [-0.2, -0.15) is 10.5 Å². The zero-order valence-corrected chi connectivity index (χ0v) is 23.1. The van der Waals surface area contributed by atoms with Crippen LogP contribution in [0.15, 0.2) is 91.0 Å². The molecule has 4 aromatic carbocycles. The lowest BCUT2D eigenvalue weighted by Gasteiger charge is -2.07. The molecule has 0 aromatic heterocycles. The van der Waals surface area contributed by atoms with Crippen molar-refractivity contribution in [2.24, 2.45) is 0 Å². The summed E-state index contributed by atoms with van der Waals surface area (Å²) < 4.78 is 20.1. The molecule has 0 spiro atoms. The van der Waals surface area contributed by atoms with Gasteiger partial charge in [0.15, 0.2) is 0 Å². The number of halogens is 1. The predicted octanol–water partition coefficient (Wildman–Crippen LogP) is 9.17. The number of rotatable bonds is 13. The van der Waals surface area contributed by atoms with Crippen LogP contribution in [0.25, 0.3) is 22.3 Å². The molecule has 0 aliphatic carbocycles. The minimum atomic E-state index is -0.231. The van der Waals surface area contributed by atoms with Crippen molar-refractivity contribution in [3.05, 3.63) is 114 Å². The molecular formula is C36H33FN2O2. The van der Waals surface area contributed by atoms with Crippen molar-refractivity contribution < 1.29 is 13.9 Å². The van der Waals surface area contributed by atoms with E-state index in [1.807, 2.05) is 36.4 Å². The van der Waals surface area contributed by atoms with Gasteiger partial charge in [-0.1, -0.05) is 80.6 Å². The van der Waals surface area contributed by atoms with Gasteiger partial charge in [-0.25, -0.2) is 4.39 Å². The summed E-state index contributed by atoms with van der Waals surface area (Å²) in [4.78, 5) is 12.2. The molecule has 4 aromatic rings. The van der Waals surface area contributed by atoms with Crippen LogP contribution in [-0.2, 0) is 11.2 Å². The third-order valence-corrected chi connectivity index (χ3v) is 7.14. The molecular weight excluding hydrogens is 511 g/mol. The minimum Gasteiger partial charge on any atom is -0.427 e. The smallest absolute Gasteiger partial charge is 0.311 e. The second-order valence-corrected chi connectivity index (χ2v) is 10.2. The Morgan fingerprint density at radius 3 is 1.71 bits per heavy atom. The van der Waals surface area contributed by atoms with Gasteiger partial charge in [0.2, 0.25) is 0 Å². The molecule has 0 atom stereocenters. The van der Waals surface area contributed by atoms with E-state index < -0.39 is 0 Å². The molecule has 0 unspecified atom stereocenters. The number of ether oxygens (including phenoxy) is 1. The van der Waals surface area contributed by atoms with E-state index in [0.29, 0.717) is 28.9 Å². The van der Waals surface area contributed by atoms with Gasteiger partial charge in [-0.05, 0) is 84.0 Å². The number of nitrogens with zero attached hydrogens (tertiary/aromatic N) is 2. The van der Waals surface area contributed by atoms with Crippen molar-refractivity contribution in [3.8, 4) is 40.1 Å². The fourth-order valence-electron chi connectivity index (χ4n) is 4.79. The Balaban J connectivity index is 1.06. The Kier molecular flexibility index (Phi) is 10.8. The van der Waals surface area contributed by atoms with E-state index in [1.165, 1.54) is 0 Å². The van der Waals surface area contributed by atoms with E-state index in [1.54, 1.807) is 54.6 Å². The summed E-state index contributed by atoms with van der Waals surface area (Å²) in [5, 5.41) is 17.9. The molecule has 0 saturated carbocycles. The molecule has 206 valence electrons. The van der Waals surface area contributed by atoms with Gasteiger partial charge in [0.25, 0.3) is 0 Å². The van der Waals surface area contributed by atoms with Gasteiger partial charge in [0, 0.05) is 12.0 Å². The lowest BCUT2D eigenvalue weighted by molar-refractivity contribution is -0.134. The molecule has 0 aliphatic rings. The molecule has 0 amide bonds. The van der Waals surface area contributed by atoms with Gasteiger partial charge in [0.1, 0.15) is 11.6 Å². The van der Waals surface area contributed by atoms with Crippen molar-refractivity contribution in [1.29, 1.82) is 10.5 Å². The summed E-state index contributed by atoms with van der Waals surface area (Å²) in [5.74, 6) is 0.0931. The molecule has 0 bridgehead atoms. The predicted molar refractivity (Wildman–Crippen MR) is 159 cm³/mol. The van der Waals surface area contributed by atoms with Crippen LogP contribution in [0.1, 0.15) is 68.1 Å². The quantitative estimate of drug-likeness (QED) is 0.0955. The van der Waals surface area contributed by atoms with Crippen LogP contribution in [0.2, 0.25) is 0 Å². The number of hydrogen-bond acceptors (Lipinski definition) is 4. The number of esters is 1. The highest BCUT2D eigenvalue weighted by atomic mass is 19.1. The van der Waals surface area contributed by atoms with Crippen LogP contribution < -0.4 is 4.74 Å². The number of carbonyl (C=O) groups is 1. The van der Waals surface area contributed by atoms with Crippen LogP contribution in [0, 0.1) is 28.5 Å². The largest absolute Gasteiger partial charge is 0.427 e. The highest BCUT2D eigenvalue weighted by Gasteiger charge is 2.08. The first-order valence-corrected chi connectivity index (χ1v) is 14.2. The summed E-state index contributed by atoms with van der Waals surface area (Å²) in [6.45, 7) is 0. The van der Waals surface area contributed by atoms with Crippen molar-refractivity contribution in [1.82, 2.24) is 0 Å². The van der Waals surface area contributed by atoms with E-state index in [2.05, 4.69) is 12.1 Å². The van der Waals surface area contributed by atoms with Crippen LogP contribution in [0.3, 0.4) is 0 Å². The van der Waals surface area contributed by atoms with Crippen LogP contribution in [0.4, 0.5) is 4.39 Å². The number of benzene rings is 4. The van der Waals surface area contributed by atoms with E-state index >= 15 is 0 Å². The first kappa shape index (κ1) is 29.2. The maximum absolute atomic E-state index is 14.6. The number of unbranched alkanes of at least 4 members (excludes halogenated alkanes) is 6. The van der Waals surface area contributed by atoms with Gasteiger partial charge in [-0.15, -0.1) is 0 Å². The van der Waals surface area contributed by atoms with Gasteiger partial charge < -0.3 is 4.74 Å². The Labute approximate surface area is 241 Å². The third-order valence-electron chi connectivity index (χ3n) is 7.14. The van der Waals surface area contributed by atoms with Crippen molar-refractivity contribution >= 4 is 5.97 Å². The van der Waals surface area contributed by atoms with Gasteiger partial charge in [0.05, 0.1) is 23.3 Å². The van der Waals surface area contributed by atoms with E-state index in [4.69, 9.17) is 15.3 Å². The Morgan fingerprint density at radius 1 is 0.634 bits per heavy atom. The van der Waals surface area contributed by atoms with Gasteiger partial charge >= 0.3 is 5.97 Å². The molecule has 0 fully saturated rings. The van der Waals surface area contributed by atoms with Crippen molar-refractivity contribution in [2.75, 3.05) is 0 Å². The first-order valence-electron chi connectivity index (χ1n) is 14.2. The number of hydrogen-bond donors (Lipinski definition) is 0. The Bertz CT molecular complexity index is 1510. The van der Waals surface area contributed by atoms with E-state index in [-0.39, 0.29) is 11.8 Å². The highest BCUT2D eigenvalue weighted by Crippen LogP contribution is 2.25. The molecule has 4 nitrogen and oxygen atoms in total. The summed E-state index contributed by atoms with van der Waals surface area (Å²) in [6.07, 6.45) is 8.51. The molecule has 0 radical (unpaired) electrons. The van der Waals surface area contributed by atoms with E-state index in [0.717, 1.165) is 73.6 Å². The summed E-state index contributed by atoms with van der Waals surface area (Å²) in [7, 11) is 0. The number of carbonyl (C=O) groups excluding carboxylic acids is 1. The lowest BCUT2D eigenvalue weighted by Crippen LogP contribution is -2.07.